The lowest BCUT2D eigenvalue weighted by Crippen LogP contribution is -2.53. The Balaban J connectivity index is 2.23. The minimum Gasteiger partial charge on any atom is -0.534 e. The molecule has 0 fully saturated rings. The van der Waals surface area contributed by atoms with Gasteiger partial charge in [-0.3, -0.25) is 4.79 Å². The van der Waals surface area contributed by atoms with Crippen molar-refractivity contribution in [3.63, 3.8) is 0 Å². The molecule has 0 saturated carbocycles. The van der Waals surface area contributed by atoms with Gasteiger partial charge in [0.2, 0.25) is 5.91 Å². The average Bonchev–Trinajstić information content (AvgIpc) is 2.50. The van der Waals surface area contributed by atoms with Gasteiger partial charge in [0, 0.05) is 24.0 Å². The maximum atomic E-state index is 11.8. The topological polar surface area (TPSA) is 116 Å². The molecule has 1 aliphatic rings. The number of Topliss-reactive ketones (excluding diaryl/α,β-unsaturated/α-hetero) is 1. The van der Waals surface area contributed by atoms with Gasteiger partial charge in [0.1, 0.15) is 11.5 Å². The van der Waals surface area contributed by atoms with E-state index in [4.69, 9.17) is 27.9 Å². The summed E-state index contributed by atoms with van der Waals surface area (Å²) in [6, 6.07) is 1.24. The van der Waals surface area contributed by atoms with Crippen LogP contribution >= 0.6 is 23.2 Å². The fourth-order valence-corrected chi connectivity index (χ4v) is 2.86. The Morgan fingerprint density at radius 3 is 2.67 bits per heavy atom. The van der Waals surface area contributed by atoms with Gasteiger partial charge in [-0.1, -0.05) is 23.2 Å². The molecule has 0 bridgehead atoms. The molecule has 1 heterocycles. The van der Waals surface area contributed by atoms with Gasteiger partial charge in [0.25, 0.3) is 0 Å². The molecule has 2 rings (SSSR count). The lowest BCUT2D eigenvalue weighted by Gasteiger charge is -2.30. The lowest BCUT2D eigenvalue weighted by molar-refractivity contribution is -0.124. The predicted octanol–water partition coefficient (Wildman–Crippen LogP) is 0.785. The third-order valence-electron chi connectivity index (χ3n) is 3.63. The molecule has 0 saturated heterocycles. The Morgan fingerprint density at radius 2 is 2.08 bits per heavy atom. The van der Waals surface area contributed by atoms with Crippen LogP contribution in [0.4, 0.5) is 0 Å². The van der Waals surface area contributed by atoms with Crippen molar-refractivity contribution in [2.24, 2.45) is 0 Å². The highest BCUT2D eigenvalue weighted by molar-refractivity contribution is 6.47. The first-order valence-corrected chi connectivity index (χ1v) is 7.96. The second-order valence-corrected chi connectivity index (χ2v) is 6.32. The van der Waals surface area contributed by atoms with Gasteiger partial charge >= 0.3 is 7.12 Å². The van der Waals surface area contributed by atoms with E-state index in [2.05, 4.69) is 5.32 Å². The summed E-state index contributed by atoms with van der Waals surface area (Å²) in [5.74, 6) is -1.31. The summed E-state index contributed by atoms with van der Waals surface area (Å²) in [6.45, 7) is 1.38. The van der Waals surface area contributed by atoms with Crippen molar-refractivity contribution in [3.8, 4) is 5.75 Å². The zero-order chi connectivity index (χ0) is 18.0. The molecule has 1 aliphatic heterocycles. The molecule has 4 N–H and O–H groups in total. The SMILES string of the molecule is CC(=O)CCC(=O)N[C@H]1Cc2c(Cl)c(Cl)cc(C(O)O)c2OB1O. The first-order valence-electron chi connectivity index (χ1n) is 7.21. The molecule has 7 nitrogen and oxygen atoms in total. The molecule has 0 unspecified atom stereocenters. The largest absolute Gasteiger partial charge is 0.547 e. The monoisotopic (exact) mass is 375 g/mol. The van der Waals surface area contributed by atoms with Gasteiger partial charge in [-0.2, -0.15) is 0 Å². The first-order chi connectivity index (χ1) is 11.2. The number of benzene rings is 1. The van der Waals surface area contributed by atoms with E-state index in [0.29, 0.717) is 5.56 Å². The fourth-order valence-electron chi connectivity index (χ4n) is 2.41. The summed E-state index contributed by atoms with van der Waals surface area (Å²) in [5.41, 5.74) is 0.328. The smallest absolute Gasteiger partial charge is 0.534 e. The van der Waals surface area contributed by atoms with Gasteiger partial charge in [0.05, 0.1) is 16.0 Å². The van der Waals surface area contributed by atoms with Crippen molar-refractivity contribution in [1.29, 1.82) is 0 Å². The number of rotatable bonds is 5. The lowest BCUT2D eigenvalue weighted by atomic mass is 9.72. The average molecular weight is 376 g/mol. The number of aliphatic hydroxyl groups is 2. The van der Waals surface area contributed by atoms with Crippen LogP contribution in [0.5, 0.6) is 5.75 Å². The van der Waals surface area contributed by atoms with Crippen LogP contribution in [0.15, 0.2) is 6.07 Å². The second kappa shape index (κ2) is 7.71. The zero-order valence-corrected chi connectivity index (χ0v) is 14.3. The van der Waals surface area contributed by atoms with Crippen LogP contribution in [-0.4, -0.2) is 40.0 Å². The maximum absolute atomic E-state index is 11.8. The number of hydrogen-bond donors (Lipinski definition) is 4. The van der Waals surface area contributed by atoms with E-state index >= 15 is 0 Å². The summed E-state index contributed by atoms with van der Waals surface area (Å²) >= 11 is 12.1. The van der Waals surface area contributed by atoms with Crippen LogP contribution in [0, 0.1) is 0 Å². The molecule has 130 valence electrons. The molecular weight excluding hydrogens is 360 g/mol. The van der Waals surface area contributed by atoms with E-state index in [1.165, 1.54) is 13.0 Å². The molecule has 1 amide bonds. The summed E-state index contributed by atoms with van der Waals surface area (Å²) in [4.78, 5) is 22.7. The van der Waals surface area contributed by atoms with Gasteiger partial charge in [-0.25, -0.2) is 0 Å². The molecule has 0 aliphatic carbocycles. The molecule has 0 spiro atoms. The molecular formula is C14H16BCl2NO6. The molecule has 0 aromatic heterocycles. The van der Waals surface area contributed by atoms with Gasteiger partial charge in [-0.15, -0.1) is 0 Å². The van der Waals surface area contributed by atoms with Crippen molar-refractivity contribution in [2.45, 2.75) is 38.4 Å². The second-order valence-electron chi connectivity index (χ2n) is 5.53. The van der Waals surface area contributed by atoms with Crippen molar-refractivity contribution in [1.82, 2.24) is 5.32 Å². The Kier molecular flexibility index (Phi) is 6.11. The van der Waals surface area contributed by atoms with E-state index in [-0.39, 0.29) is 46.4 Å². The number of hydrogen-bond acceptors (Lipinski definition) is 6. The molecule has 10 heteroatoms. The van der Waals surface area contributed by atoms with Gasteiger partial charge in [-0.05, 0) is 19.4 Å². The Morgan fingerprint density at radius 1 is 1.42 bits per heavy atom. The minimum absolute atomic E-state index is 0.00467. The minimum atomic E-state index is -1.86. The molecule has 0 radical (unpaired) electrons. The molecule has 1 aromatic rings. The number of carbonyl (C=O) groups is 2. The number of carbonyl (C=O) groups excluding carboxylic acids is 2. The van der Waals surface area contributed by atoms with E-state index < -0.39 is 25.3 Å². The van der Waals surface area contributed by atoms with E-state index in [0.717, 1.165) is 0 Å². The zero-order valence-electron chi connectivity index (χ0n) is 12.8. The Bertz CT molecular complexity index is 669. The van der Waals surface area contributed by atoms with E-state index in [1.807, 2.05) is 0 Å². The van der Waals surface area contributed by atoms with Crippen LogP contribution in [0.25, 0.3) is 0 Å². The molecule has 24 heavy (non-hydrogen) atoms. The van der Waals surface area contributed by atoms with Crippen molar-refractivity contribution < 1.29 is 29.5 Å². The van der Waals surface area contributed by atoms with E-state index in [9.17, 15) is 24.8 Å². The molecule has 1 atom stereocenters. The van der Waals surface area contributed by atoms with Crippen LogP contribution in [0.3, 0.4) is 0 Å². The maximum Gasteiger partial charge on any atom is 0.547 e. The normalized spacial score (nSPS) is 16.6. The predicted molar refractivity (Wildman–Crippen MR) is 87.8 cm³/mol. The summed E-state index contributed by atoms with van der Waals surface area (Å²) < 4.78 is 5.31. The van der Waals surface area contributed by atoms with Crippen molar-refractivity contribution in [3.05, 3.63) is 27.2 Å². The van der Waals surface area contributed by atoms with Crippen LogP contribution in [-0.2, 0) is 16.0 Å². The third kappa shape index (κ3) is 4.20. The molecule has 1 aromatic carbocycles. The highest BCUT2D eigenvalue weighted by Gasteiger charge is 2.39. The third-order valence-corrected chi connectivity index (χ3v) is 4.46. The number of nitrogens with one attached hydrogen (secondary N) is 1. The van der Waals surface area contributed by atoms with Crippen LogP contribution < -0.4 is 9.97 Å². The van der Waals surface area contributed by atoms with E-state index in [1.54, 1.807) is 0 Å². The number of amides is 1. The summed E-state index contributed by atoms with van der Waals surface area (Å²) in [5, 5.41) is 31.7. The Labute approximate surface area is 148 Å². The fraction of sp³-hybridized carbons (Fsp3) is 0.429. The number of halogens is 2. The highest BCUT2D eigenvalue weighted by atomic mass is 35.5. The van der Waals surface area contributed by atoms with Crippen LogP contribution in [0.2, 0.25) is 10.0 Å². The van der Waals surface area contributed by atoms with Gasteiger partial charge < -0.3 is 30.0 Å². The summed E-state index contributed by atoms with van der Waals surface area (Å²) in [7, 11) is -1.41. The van der Waals surface area contributed by atoms with Crippen molar-refractivity contribution in [2.75, 3.05) is 0 Å². The Hall–Kier alpha value is -1.32. The quantitative estimate of drug-likeness (QED) is 0.446. The highest BCUT2D eigenvalue weighted by Crippen LogP contribution is 2.41. The number of aliphatic hydroxyl groups excluding tert-OH is 1. The number of fused-ring (bicyclic) bond motifs is 1. The standard InChI is InChI=1S/C14H16BCl2NO6/c1-6(19)2-3-11(20)18-10-5-7-12(17)9(16)4-8(14(21)22)13(7)24-15(10)23/h4,10,14,21-23H,2-3,5H2,1H3,(H,18,20)/t10-/m0/s1. The summed E-state index contributed by atoms with van der Waals surface area (Å²) in [6.07, 6.45) is -1.68. The number of ketones is 1. The van der Waals surface area contributed by atoms with Crippen LogP contribution in [0.1, 0.15) is 37.2 Å². The first kappa shape index (κ1) is 19.0. The van der Waals surface area contributed by atoms with Crippen molar-refractivity contribution >= 4 is 42.0 Å². The van der Waals surface area contributed by atoms with Gasteiger partial charge in [0.15, 0.2) is 6.29 Å².